The molecule has 0 aliphatic rings. The summed E-state index contributed by atoms with van der Waals surface area (Å²) in [5.41, 5.74) is 0.893. The summed E-state index contributed by atoms with van der Waals surface area (Å²) in [6, 6.07) is 37.0. The first-order valence-corrected chi connectivity index (χ1v) is 18.3. The first-order valence-electron chi connectivity index (χ1n) is 18.3. The lowest BCUT2D eigenvalue weighted by atomic mass is 10.00. The smallest absolute Gasteiger partial charge is 0.336 e. The lowest BCUT2D eigenvalue weighted by molar-refractivity contribution is 0.0680. The van der Waals surface area contributed by atoms with Gasteiger partial charge in [0.05, 0.1) is 44.5 Å². The van der Waals surface area contributed by atoms with Crippen LogP contribution in [0.15, 0.2) is 146 Å². The van der Waals surface area contributed by atoms with Crippen molar-refractivity contribution in [1.82, 2.24) is 0 Å². The minimum absolute atomic E-state index is 0.00972. The maximum absolute atomic E-state index is 11.0. The molecule has 0 spiro atoms. The summed E-state index contributed by atoms with van der Waals surface area (Å²) in [4.78, 5) is 86.7. The molecule has 0 aliphatic carbocycles. The second-order valence-corrected chi connectivity index (χ2v) is 13.4. The lowest BCUT2D eigenvalue weighted by Crippen LogP contribution is -2.03. The molecule has 0 aromatic heterocycles. The average molecular weight is 865 g/mol. The Balaban J connectivity index is 0.000000161. The Morgan fingerprint density at radius 2 is 0.547 bits per heavy atom. The molecule has 8 rings (SSSR count). The average Bonchev–Trinajstić information content (AvgIpc) is 3.27. The Bertz CT molecular complexity index is 3050. The van der Waals surface area contributed by atoms with Gasteiger partial charge in [0.1, 0.15) is 0 Å². The van der Waals surface area contributed by atoms with Gasteiger partial charge < -0.3 is 40.9 Å². The molecule has 0 atom stereocenters. The van der Waals surface area contributed by atoms with Crippen LogP contribution in [0.4, 0.5) is 0 Å². The molecule has 0 fully saturated rings. The molecule has 8 aromatic carbocycles. The molecule has 16 heteroatoms. The van der Waals surface area contributed by atoms with Crippen LogP contribution in [-0.2, 0) is 0 Å². The molecule has 64 heavy (non-hydrogen) atoms. The minimum atomic E-state index is -1.13. The van der Waals surface area contributed by atoms with Crippen molar-refractivity contribution >= 4 is 90.8 Å². The Hall–Kier alpha value is -9.44. The number of rotatable bonds is 8. The van der Waals surface area contributed by atoms with E-state index in [1.165, 1.54) is 72.8 Å². The maximum Gasteiger partial charge on any atom is 0.336 e. The van der Waals surface area contributed by atoms with E-state index in [0.717, 1.165) is 5.39 Å². The second kappa shape index (κ2) is 19.7. The third-order valence-corrected chi connectivity index (χ3v) is 9.39. The minimum Gasteiger partial charge on any atom is -0.478 e. The van der Waals surface area contributed by atoms with Crippen LogP contribution in [0, 0.1) is 0 Å². The maximum atomic E-state index is 11.0. The molecule has 0 bridgehead atoms. The molecule has 0 saturated carbocycles. The number of aromatic carboxylic acids is 8. The monoisotopic (exact) mass is 864 g/mol. The Morgan fingerprint density at radius 3 is 0.906 bits per heavy atom. The summed E-state index contributed by atoms with van der Waals surface area (Å²) in [5.74, 6) is -8.42. The van der Waals surface area contributed by atoms with Gasteiger partial charge in [-0.3, -0.25) is 0 Å². The van der Waals surface area contributed by atoms with Gasteiger partial charge in [-0.25, -0.2) is 38.4 Å². The van der Waals surface area contributed by atoms with Gasteiger partial charge in [0, 0.05) is 0 Å². The fraction of sp³-hybridized carbons (Fsp3) is 0. The fourth-order valence-electron chi connectivity index (χ4n) is 6.31. The molecule has 0 aliphatic heterocycles. The van der Waals surface area contributed by atoms with Crippen molar-refractivity contribution < 1.29 is 79.2 Å². The highest BCUT2D eigenvalue weighted by Crippen LogP contribution is 2.24. The number of fused-ring (bicyclic) bond motifs is 4. The van der Waals surface area contributed by atoms with Crippen LogP contribution in [0.2, 0.25) is 0 Å². The van der Waals surface area contributed by atoms with E-state index in [0.29, 0.717) is 37.7 Å². The zero-order chi connectivity index (χ0) is 46.8. The molecule has 0 radical (unpaired) electrons. The van der Waals surface area contributed by atoms with Gasteiger partial charge >= 0.3 is 47.8 Å². The third-order valence-electron chi connectivity index (χ3n) is 9.39. The highest BCUT2D eigenvalue weighted by molar-refractivity contribution is 6.11. The summed E-state index contributed by atoms with van der Waals surface area (Å²) < 4.78 is 0. The number of benzene rings is 8. The van der Waals surface area contributed by atoms with Crippen LogP contribution < -0.4 is 0 Å². The van der Waals surface area contributed by atoms with Crippen LogP contribution in [0.1, 0.15) is 82.9 Å². The van der Waals surface area contributed by atoms with Crippen molar-refractivity contribution in [2.75, 3.05) is 0 Å². The topological polar surface area (TPSA) is 298 Å². The molecular formula is C48H32O16. The molecule has 8 N–H and O–H groups in total. The predicted octanol–water partition coefficient (Wildman–Crippen LogP) is 8.94. The van der Waals surface area contributed by atoms with Crippen LogP contribution in [-0.4, -0.2) is 88.6 Å². The molecule has 0 saturated heterocycles. The molecule has 0 heterocycles. The molecule has 320 valence electrons. The zero-order valence-corrected chi connectivity index (χ0v) is 32.7. The van der Waals surface area contributed by atoms with Crippen molar-refractivity contribution in [3.8, 4) is 0 Å². The number of hydrogen-bond donors (Lipinski definition) is 8. The summed E-state index contributed by atoms with van der Waals surface area (Å²) in [7, 11) is 0. The summed E-state index contributed by atoms with van der Waals surface area (Å²) in [6.45, 7) is 0. The Morgan fingerprint density at radius 1 is 0.234 bits per heavy atom. The molecule has 0 unspecified atom stereocenters. The summed E-state index contributed by atoms with van der Waals surface area (Å²) in [6.07, 6.45) is 0. The summed E-state index contributed by atoms with van der Waals surface area (Å²) >= 11 is 0. The first-order chi connectivity index (χ1) is 30.4. The van der Waals surface area contributed by atoms with E-state index in [1.54, 1.807) is 72.8 Å². The summed E-state index contributed by atoms with van der Waals surface area (Å²) in [5, 5.41) is 75.9. The number of hydrogen-bond acceptors (Lipinski definition) is 8. The van der Waals surface area contributed by atoms with Crippen LogP contribution in [0.5, 0.6) is 0 Å². The molecule has 8 aromatic rings. The van der Waals surface area contributed by atoms with E-state index in [2.05, 4.69) is 0 Å². The van der Waals surface area contributed by atoms with E-state index < -0.39 is 47.8 Å². The quantitative estimate of drug-likeness (QED) is 0.0707. The van der Waals surface area contributed by atoms with Gasteiger partial charge in [-0.15, -0.1) is 0 Å². The molecular weight excluding hydrogens is 833 g/mol. The SMILES string of the molecule is O=C(O)c1cc(C(=O)O)c2ccccc2c1.O=C(O)c1ccc(C(=O)O)c2ccccc12.O=C(O)c1ccc2cc(C(=O)O)ccc2c1.O=C(O)c1ccc2ccc(C(=O)O)cc2c1. The van der Waals surface area contributed by atoms with Crippen molar-refractivity contribution in [3.05, 3.63) is 190 Å². The number of carboxylic acids is 8. The Labute approximate surface area is 359 Å². The van der Waals surface area contributed by atoms with Gasteiger partial charge in [0.2, 0.25) is 0 Å². The molecule has 16 nitrogen and oxygen atoms in total. The molecule has 0 amide bonds. The first kappa shape index (κ1) is 45.6. The fourth-order valence-corrected chi connectivity index (χ4v) is 6.31. The Kier molecular flexibility index (Phi) is 14.1. The van der Waals surface area contributed by atoms with E-state index in [9.17, 15) is 38.4 Å². The zero-order valence-electron chi connectivity index (χ0n) is 32.7. The van der Waals surface area contributed by atoms with E-state index in [-0.39, 0.29) is 44.5 Å². The lowest BCUT2D eigenvalue weighted by Gasteiger charge is -2.05. The van der Waals surface area contributed by atoms with Crippen molar-refractivity contribution in [3.63, 3.8) is 0 Å². The van der Waals surface area contributed by atoms with E-state index in [4.69, 9.17) is 40.9 Å². The van der Waals surface area contributed by atoms with Gasteiger partial charge in [-0.2, -0.15) is 0 Å². The predicted molar refractivity (Wildman–Crippen MR) is 231 cm³/mol. The van der Waals surface area contributed by atoms with E-state index >= 15 is 0 Å². The highest BCUT2D eigenvalue weighted by atomic mass is 16.4. The van der Waals surface area contributed by atoms with Crippen LogP contribution in [0.25, 0.3) is 43.1 Å². The third kappa shape index (κ3) is 10.8. The van der Waals surface area contributed by atoms with Gasteiger partial charge in [-0.05, 0) is 116 Å². The van der Waals surface area contributed by atoms with Gasteiger partial charge in [-0.1, -0.05) is 72.8 Å². The van der Waals surface area contributed by atoms with Crippen molar-refractivity contribution in [2.24, 2.45) is 0 Å². The van der Waals surface area contributed by atoms with Crippen LogP contribution in [0.3, 0.4) is 0 Å². The largest absolute Gasteiger partial charge is 0.478 e. The normalized spacial score (nSPS) is 10.2. The standard InChI is InChI=1S/4C12H8O4/c13-11(14)9-3-1-7-5-10(12(15)16)4-2-8(7)6-9;13-11(14)8-3-1-7-2-4-9(12(15)16)6-10(7)5-8;13-11(14)8-5-7-3-1-2-4-9(7)10(6-8)12(15)16;13-11(14)9-5-6-10(12(15)16)8-4-2-1-3-7(8)9/h4*1-6H,(H,13,14)(H,15,16). The second-order valence-electron chi connectivity index (χ2n) is 13.4. The van der Waals surface area contributed by atoms with Gasteiger partial charge in [0.15, 0.2) is 0 Å². The van der Waals surface area contributed by atoms with Gasteiger partial charge in [0.25, 0.3) is 0 Å². The van der Waals surface area contributed by atoms with E-state index in [1.807, 2.05) is 0 Å². The van der Waals surface area contributed by atoms with Crippen LogP contribution >= 0.6 is 0 Å². The number of carboxylic acid groups (broad SMARTS) is 8. The number of carbonyl (C=O) groups is 8. The van der Waals surface area contributed by atoms with Crippen molar-refractivity contribution in [1.29, 1.82) is 0 Å². The highest BCUT2D eigenvalue weighted by Gasteiger charge is 2.15. The van der Waals surface area contributed by atoms with Crippen molar-refractivity contribution in [2.45, 2.75) is 0 Å².